The van der Waals surface area contributed by atoms with E-state index >= 15 is 0 Å². The quantitative estimate of drug-likeness (QED) is 0.113. The molecule has 1 heterocycles. The number of ketones is 1. The van der Waals surface area contributed by atoms with Crippen LogP contribution >= 0.6 is 0 Å². The molecule has 0 fully saturated rings. The second kappa shape index (κ2) is 13.7. The number of Topliss-reactive ketones (excluding diaryl/α,β-unsaturated/α-hetero) is 1. The number of phenols is 3. The van der Waals surface area contributed by atoms with E-state index in [0.29, 0.717) is 17.5 Å². The summed E-state index contributed by atoms with van der Waals surface area (Å²) in [4.78, 5) is 25.9. The molecule has 3 aromatic carbocycles. The zero-order valence-corrected chi connectivity index (χ0v) is 22.8. The molecule has 5 N–H and O–H groups in total. The summed E-state index contributed by atoms with van der Waals surface area (Å²) in [7, 11) is 0. The minimum absolute atomic E-state index is 0.00571. The topological polar surface area (TPSA) is 146 Å². The molecular formula is C32H35NO8. The first-order valence-corrected chi connectivity index (χ1v) is 13.7. The highest BCUT2D eigenvalue weighted by atomic mass is 16.6. The third-order valence-corrected chi connectivity index (χ3v) is 6.84. The molecule has 3 atom stereocenters. The molecule has 9 nitrogen and oxygen atoms in total. The Morgan fingerprint density at radius 2 is 1.68 bits per heavy atom. The van der Waals surface area contributed by atoms with Crippen LogP contribution in [0.2, 0.25) is 0 Å². The summed E-state index contributed by atoms with van der Waals surface area (Å²) in [5.41, 5.74) is 1.49. The van der Waals surface area contributed by atoms with Gasteiger partial charge in [0, 0.05) is 18.2 Å². The van der Waals surface area contributed by atoms with E-state index in [0.717, 1.165) is 25.7 Å². The number of hydrogen-bond donors (Lipinski definition) is 5. The van der Waals surface area contributed by atoms with Crippen LogP contribution in [-0.4, -0.2) is 44.4 Å². The molecule has 0 saturated carbocycles. The molecule has 3 unspecified atom stereocenters. The van der Waals surface area contributed by atoms with Gasteiger partial charge in [-0.2, -0.15) is 0 Å². The van der Waals surface area contributed by atoms with Gasteiger partial charge in [-0.15, -0.1) is 0 Å². The Morgan fingerprint density at radius 3 is 2.37 bits per heavy atom. The number of aromatic hydroxyl groups is 3. The highest BCUT2D eigenvalue weighted by molar-refractivity contribution is 6.03. The van der Waals surface area contributed by atoms with Crippen molar-refractivity contribution in [2.24, 2.45) is 0 Å². The smallest absolute Gasteiger partial charge is 0.244 e. The number of carbonyl (C=O) groups excluding carboxylic acids is 2. The lowest BCUT2D eigenvalue weighted by atomic mass is 9.95. The number of aliphatic hydroxyl groups is 1. The molecule has 41 heavy (non-hydrogen) atoms. The van der Waals surface area contributed by atoms with Crippen LogP contribution in [0.15, 0.2) is 66.7 Å². The van der Waals surface area contributed by atoms with Gasteiger partial charge in [0.05, 0.1) is 12.5 Å². The third-order valence-electron chi connectivity index (χ3n) is 6.84. The molecule has 216 valence electrons. The van der Waals surface area contributed by atoms with Crippen molar-refractivity contribution in [3.05, 3.63) is 83.4 Å². The molecule has 0 saturated heterocycles. The van der Waals surface area contributed by atoms with E-state index in [1.165, 1.54) is 42.5 Å². The largest absolute Gasteiger partial charge is 0.508 e. The lowest BCUT2D eigenvalue weighted by Gasteiger charge is -2.29. The first-order chi connectivity index (χ1) is 19.7. The predicted molar refractivity (Wildman–Crippen MR) is 153 cm³/mol. The van der Waals surface area contributed by atoms with Crippen LogP contribution in [0.4, 0.5) is 0 Å². The monoisotopic (exact) mass is 561 g/mol. The normalized spacial score (nSPS) is 16.0. The van der Waals surface area contributed by atoms with Crippen molar-refractivity contribution in [2.75, 3.05) is 0 Å². The summed E-state index contributed by atoms with van der Waals surface area (Å²) in [5, 5.41) is 43.2. The highest BCUT2D eigenvalue weighted by Gasteiger charge is 2.33. The minimum Gasteiger partial charge on any atom is -0.508 e. The van der Waals surface area contributed by atoms with Crippen LogP contribution < -0.4 is 14.8 Å². The van der Waals surface area contributed by atoms with Crippen molar-refractivity contribution in [1.29, 1.82) is 0 Å². The Kier molecular flexibility index (Phi) is 9.86. The molecule has 4 rings (SSSR count). The average molecular weight is 562 g/mol. The van der Waals surface area contributed by atoms with Crippen molar-refractivity contribution < 1.29 is 39.5 Å². The van der Waals surface area contributed by atoms with Crippen molar-refractivity contribution in [2.45, 2.75) is 63.9 Å². The molecule has 0 bridgehead atoms. The zero-order valence-electron chi connectivity index (χ0n) is 22.8. The van der Waals surface area contributed by atoms with E-state index < -0.39 is 24.3 Å². The number of amides is 1. The lowest BCUT2D eigenvalue weighted by Crippen LogP contribution is -2.45. The summed E-state index contributed by atoms with van der Waals surface area (Å²) < 4.78 is 11.8. The second-order valence-corrected chi connectivity index (χ2v) is 10.0. The summed E-state index contributed by atoms with van der Waals surface area (Å²) in [6.07, 6.45) is 4.86. The maximum Gasteiger partial charge on any atom is 0.244 e. The van der Waals surface area contributed by atoms with Crippen LogP contribution in [0.3, 0.4) is 0 Å². The molecular weight excluding hydrogens is 526 g/mol. The van der Waals surface area contributed by atoms with E-state index in [2.05, 4.69) is 12.2 Å². The van der Waals surface area contributed by atoms with Gasteiger partial charge in [0.25, 0.3) is 0 Å². The van der Waals surface area contributed by atoms with Crippen molar-refractivity contribution in [3.63, 3.8) is 0 Å². The predicted octanol–water partition coefficient (Wildman–Crippen LogP) is 5.38. The van der Waals surface area contributed by atoms with Crippen molar-refractivity contribution in [3.8, 4) is 28.7 Å². The van der Waals surface area contributed by atoms with Gasteiger partial charge in [-0.3, -0.25) is 9.59 Å². The number of aliphatic hydroxyl groups excluding tert-OH is 1. The zero-order chi connectivity index (χ0) is 29.4. The molecule has 0 radical (unpaired) electrons. The Balaban J connectivity index is 1.51. The molecule has 1 amide bonds. The minimum atomic E-state index is -1.52. The maximum atomic E-state index is 13.2. The van der Waals surface area contributed by atoms with Gasteiger partial charge >= 0.3 is 0 Å². The number of carbonyl (C=O) groups is 2. The van der Waals surface area contributed by atoms with E-state index in [1.807, 2.05) is 0 Å². The van der Waals surface area contributed by atoms with Gasteiger partial charge in [0.2, 0.25) is 12.2 Å². The van der Waals surface area contributed by atoms with Crippen LogP contribution in [0.25, 0.3) is 6.08 Å². The molecule has 0 aliphatic carbocycles. The first kappa shape index (κ1) is 29.5. The number of ether oxygens (including phenoxy) is 2. The number of unbranched alkanes of at least 4 members (excludes halogenated alkanes) is 3. The van der Waals surface area contributed by atoms with Gasteiger partial charge in [-0.25, -0.2) is 0 Å². The third kappa shape index (κ3) is 8.02. The maximum absolute atomic E-state index is 13.2. The Labute approximate surface area is 238 Å². The molecule has 0 aromatic heterocycles. The Bertz CT molecular complexity index is 1370. The SMILES string of the molecule is CCCCCCC(NC(=O)/C=C/c1ccc(O)cc1)C(O)Oc1cc(O)cc2c1C(=O)CC(c1ccc(O)cc1)O2. The fourth-order valence-corrected chi connectivity index (χ4v) is 4.65. The summed E-state index contributed by atoms with van der Waals surface area (Å²) in [6, 6.07) is 14.4. The number of phenolic OH excluding ortho intramolecular Hbond substituents is 3. The molecule has 1 aliphatic heterocycles. The summed E-state index contributed by atoms with van der Waals surface area (Å²) in [5.74, 6) is -0.692. The Hall–Kier alpha value is -4.50. The first-order valence-electron chi connectivity index (χ1n) is 13.7. The van der Waals surface area contributed by atoms with Gasteiger partial charge in [0.1, 0.15) is 40.4 Å². The van der Waals surface area contributed by atoms with Crippen molar-refractivity contribution >= 4 is 17.8 Å². The van der Waals surface area contributed by atoms with Crippen LogP contribution in [0, 0.1) is 0 Å². The molecule has 1 aliphatic rings. The van der Waals surface area contributed by atoms with Gasteiger partial charge in [-0.1, -0.05) is 56.9 Å². The second-order valence-electron chi connectivity index (χ2n) is 10.0. The van der Waals surface area contributed by atoms with Gasteiger partial charge in [-0.05, 0) is 47.9 Å². The number of nitrogens with one attached hydrogen (secondary N) is 1. The van der Waals surface area contributed by atoms with Crippen LogP contribution in [-0.2, 0) is 4.79 Å². The van der Waals surface area contributed by atoms with E-state index in [9.17, 15) is 30.0 Å². The number of rotatable bonds is 12. The summed E-state index contributed by atoms with van der Waals surface area (Å²) in [6.45, 7) is 2.08. The molecule has 9 heteroatoms. The van der Waals surface area contributed by atoms with E-state index in [-0.39, 0.29) is 46.5 Å². The van der Waals surface area contributed by atoms with Gasteiger partial charge in [0.15, 0.2) is 5.78 Å². The number of fused-ring (bicyclic) bond motifs is 1. The van der Waals surface area contributed by atoms with E-state index in [4.69, 9.17) is 9.47 Å². The fourth-order valence-electron chi connectivity index (χ4n) is 4.65. The number of hydrogen-bond acceptors (Lipinski definition) is 8. The standard InChI is InChI=1S/C32H35NO8/c1-2-3-4-5-6-25(33-30(38)16-9-20-7-12-22(34)13-8-20)32(39)41-29-18-24(36)17-28-31(29)26(37)19-27(40-28)21-10-14-23(35)15-11-21/h7-18,25,27,32,34-36,39H,2-6,19H2,1H3,(H,33,38)/b16-9+. The van der Waals surface area contributed by atoms with Gasteiger partial charge < -0.3 is 35.2 Å². The van der Waals surface area contributed by atoms with Crippen LogP contribution in [0.5, 0.6) is 28.7 Å². The summed E-state index contributed by atoms with van der Waals surface area (Å²) >= 11 is 0. The average Bonchev–Trinajstić information content (AvgIpc) is 2.94. The Morgan fingerprint density at radius 1 is 1.00 bits per heavy atom. The lowest BCUT2D eigenvalue weighted by molar-refractivity contribution is -0.121. The number of benzene rings is 3. The fraction of sp³-hybridized carbons (Fsp3) is 0.312. The van der Waals surface area contributed by atoms with Crippen LogP contribution in [0.1, 0.15) is 73.0 Å². The molecule has 3 aromatic rings. The van der Waals surface area contributed by atoms with Crippen molar-refractivity contribution in [1.82, 2.24) is 5.32 Å². The molecule has 0 spiro atoms. The highest BCUT2D eigenvalue weighted by Crippen LogP contribution is 2.42. The van der Waals surface area contributed by atoms with E-state index in [1.54, 1.807) is 30.3 Å².